The Kier molecular flexibility index (Phi) is 24.9. The number of morpholine rings is 1. The Balaban J connectivity index is 0.000000108. The van der Waals surface area contributed by atoms with Crippen LogP contribution < -0.4 is 38.5 Å². The highest BCUT2D eigenvalue weighted by Crippen LogP contribution is 2.42. The molecule has 2 aliphatic rings. The number of halogens is 2. The van der Waals surface area contributed by atoms with Gasteiger partial charge < -0.3 is 52.5 Å². The lowest BCUT2D eigenvalue weighted by atomic mass is 10.0. The van der Waals surface area contributed by atoms with Crippen LogP contribution in [0, 0.1) is 11.3 Å². The lowest BCUT2D eigenvalue weighted by Crippen LogP contribution is -2.45. The van der Waals surface area contributed by atoms with Gasteiger partial charge in [-0.05, 0) is 104 Å². The van der Waals surface area contributed by atoms with Gasteiger partial charge in [0.25, 0.3) is 0 Å². The molecule has 9 aromatic carbocycles. The molecular formula is C102H80Cl2N26O2S. The molecule has 0 amide bonds. The molecule has 0 saturated carbocycles. The van der Waals surface area contributed by atoms with E-state index in [1.165, 1.54) is 17.5 Å². The summed E-state index contributed by atoms with van der Waals surface area (Å²) in [6.45, 7) is 6.59. The number of nitriles is 1. The van der Waals surface area contributed by atoms with E-state index in [1.807, 2.05) is 224 Å². The minimum absolute atomic E-state index is 0.0816. The molecule has 21 aromatic rings. The summed E-state index contributed by atoms with van der Waals surface area (Å²) in [7, 11) is 2.14. The van der Waals surface area contributed by atoms with Crippen LogP contribution in [0.25, 0.3) is 178 Å². The zero-order valence-electron chi connectivity index (χ0n) is 71.3. The number of hydrogen-bond donors (Lipinski definition) is 6. The Morgan fingerprint density at radius 2 is 0.820 bits per heavy atom. The molecule has 31 heteroatoms. The number of nitrogens with two attached hydrogens (primary N) is 5. The predicted octanol–water partition coefficient (Wildman–Crippen LogP) is 20.0. The monoisotopic (exact) mass is 1800 g/mol. The molecule has 2 fully saturated rings. The number of pyridine rings is 4. The van der Waals surface area contributed by atoms with Crippen molar-refractivity contribution in [1.29, 1.82) is 5.26 Å². The average molecular weight is 1800 g/mol. The van der Waals surface area contributed by atoms with Crippen molar-refractivity contribution in [2.75, 3.05) is 98.0 Å². The third-order valence-electron chi connectivity index (χ3n) is 22.3. The topological polar surface area (TPSA) is 408 Å². The summed E-state index contributed by atoms with van der Waals surface area (Å²) in [5, 5.41) is 25.9. The van der Waals surface area contributed by atoms with Crippen LogP contribution in [0.4, 0.5) is 40.7 Å². The maximum Gasteiger partial charge on any atom is 0.183 e. The normalized spacial score (nSPS) is 12.6. The molecule has 11 N–H and O–H groups in total. The number of thiazole rings is 1. The third-order valence-corrected chi connectivity index (χ3v) is 23.7. The number of rotatable bonds is 12. The molecule has 14 heterocycles. The predicted molar refractivity (Wildman–Crippen MR) is 530 cm³/mol. The van der Waals surface area contributed by atoms with E-state index in [0.717, 1.165) is 189 Å². The van der Waals surface area contributed by atoms with Gasteiger partial charge in [-0.2, -0.15) is 10.4 Å². The summed E-state index contributed by atoms with van der Waals surface area (Å²) in [5.41, 5.74) is 50.0. The fourth-order valence-corrected chi connectivity index (χ4v) is 16.9. The molecule has 23 rings (SSSR count). The van der Waals surface area contributed by atoms with Crippen molar-refractivity contribution >= 4 is 141 Å². The summed E-state index contributed by atoms with van der Waals surface area (Å²) in [6.07, 6.45) is 13.6. The largest absolute Gasteiger partial charge is 0.454 e. The zero-order valence-corrected chi connectivity index (χ0v) is 73.7. The minimum atomic E-state index is 0.0816. The van der Waals surface area contributed by atoms with Crippen LogP contribution in [-0.4, -0.2) is 149 Å². The van der Waals surface area contributed by atoms with E-state index in [0.29, 0.717) is 86.6 Å². The Labute approximate surface area is 775 Å². The second-order valence-corrected chi connectivity index (χ2v) is 32.8. The number of nitrogens with zero attached hydrogens (tertiary/aromatic N) is 20. The molecular weight excluding hydrogens is 1720 g/mol. The summed E-state index contributed by atoms with van der Waals surface area (Å²) >= 11 is 14.3. The molecule has 12 aromatic heterocycles. The summed E-state index contributed by atoms with van der Waals surface area (Å²) in [5.74, 6) is 3.81. The maximum absolute atomic E-state index is 9.27. The van der Waals surface area contributed by atoms with Crippen LogP contribution in [0.5, 0.6) is 0 Å². The van der Waals surface area contributed by atoms with E-state index in [-0.39, 0.29) is 11.5 Å². The number of furan rings is 1. The first-order chi connectivity index (χ1) is 65.1. The lowest BCUT2D eigenvalue weighted by Gasteiger charge is -2.33. The lowest BCUT2D eigenvalue weighted by molar-refractivity contribution is 0.122. The van der Waals surface area contributed by atoms with E-state index in [2.05, 4.69) is 123 Å². The number of anilines is 7. The van der Waals surface area contributed by atoms with Gasteiger partial charge in [0.1, 0.15) is 39.7 Å². The third kappa shape index (κ3) is 18.8. The molecule has 0 unspecified atom stereocenters. The first kappa shape index (κ1) is 85.7. The van der Waals surface area contributed by atoms with Crippen molar-refractivity contribution in [3.63, 3.8) is 0 Å². The number of hydrogen-bond acceptors (Lipinski definition) is 28. The molecule has 2 aliphatic heterocycles. The van der Waals surface area contributed by atoms with Crippen LogP contribution in [0.2, 0.25) is 10.0 Å². The van der Waals surface area contributed by atoms with Gasteiger partial charge in [-0.25, -0.2) is 49.8 Å². The highest BCUT2D eigenvalue weighted by atomic mass is 35.5. The molecule has 650 valence electrons. The highest BCUT2D eigenvalue weighted by Gasteiger charge is 2.27. The van der Waals surface area contributed by atoms with Crippen molar-refractivity contribution in [1.82, 2.24) is 89.9 Å². The smallest absolute Gasteiger partial charge is 0.183 e. The number of likely N-dealkylation sites (N-methyl/N-ethyl adjacent to an activating group) is 1. The van der Waals surface area contributed by atoms with E-state index in [4.69, 9.17) is 81.0 Å². The molecule has 28 nitrogen and oxygen atoms in total. The molecule has 0 spiro atoms. The number of H-pyrrole nitrogens is 1. The maximum atomic E-state index is 9.27. The van der Waals surface area contributed by atoms with Crippen molar-refractivity contribution in [2.24, 2.45) is 0 Å². The average Bonchev–Trinajstić information content (AvgIpc) is 1.74. The fraction of sp³-hybridized carbons (Fsp3) is 0.0882. The number of aromatic nitrogens is 17. The van der Waals surface area contributed by atoms with E-state index in [9.17, 15) is 5.26 Å². The van der Waals surface area contributed by atoms with E-state index >= 15 is 0 Å². The van der Waals surface area contributed by atoms with Gasteiger partial charge >= 0.3 is 0 Å². The second kappa shape index (κ2) is 38.7. The van der Waals surface area contributed by atoms with Gasteiger partial charge in [-0.15, -0.1) is 11.3 Å². The number of nitrogens with one attached hydrogen (secondary N) is 1. The Hall–Kier alpha value is -16.8. The number of fused-ring (bicyclic) bond motifs is 6. The number of nitrogen functional groups attached to an aromatic ring is 5. The second-order valence-electron chi connectivity index (χ2n) is 31.0. The summed E-state index contributed by atoms with van der Waals surface area (Å²) in [4.78, 5) is 75.0. The van der Waals surface area contributed by atoms with Gasteiger partial charge in [0.05, 0.1) is 115 Å². The Bertz CT molecular complexity index is 7840. The number of benzene rings is 9. The van der Waals surface area contributed by atoms with Crippen molar-refractivity contribution in [3.05, 3.63) is 319 Å². The van der Waals surface area contributed by atoms with Crippen molar-refractivity contribution in [2.45, 2.75) is 0 Å². The minimum Gasteiger partial charge on any atom is -0.454 e. The first-order valence-electron chi connectivity index (χ1n) is 42.4. The quantitative estimate of drug-likeness (QED) is 0.0661. The van der Waals surface area contributed by atoms with Crippen molar-refractivity contribution < 1.29 is 9.15 Å². The van der Waals surface area contributed by atoms with Crippen LogP contribution in [0.3, 0.4) is 0 Å². The fourth-order valence-electron chi connectivity index (χ4n) is 15.8. The van der Waals surface area contributed by atoms with Gasteiger partial charge in [0.2, 0.25) is 0 Å². The molecule has 133 heavy (non-hydrogen) atoms. The zero-order chi connectivity index (χ0) is 90.8. The number of ether oxygens (including phenoxy) is 1. The van der Waals surface area contributed by atoms with E-state index in [1.54, 1.807) is 43.2 Å². The summed E-state index contributed by atoms with van der Waals surface area (Å²) < 4.78 is 11.5. The Morgan fingerprint density at radius 3 is 1.36 bits per heavy atom. The van der Waals surface area contributed by atoms with Crippen LogP contribution in [0.1, 0.15) is 5.69 Å². The first-order valence-corrected chi connectivity index (χ1v) is 44.0. The van der Waals surface area contributed by atoms with Crippen LogP contribution in [0.15, 0.2) is 308 Å². The molecule has 0 aliphatic carbocycles. The number of aromatic amines is 1. The number of para-hydroxylation sites is 1. The van der Waals surface area contributed by atoms with Crippen molar-refractivity contribution in [3.8, 4) is 118 Å². The number of piperazine rings is 1. The van der Waals surface area contributed by atoms with E-state index < -0.39 is 0 Å². The van der Waals surface area contributed by atoms with Gasteiger partial charge in [0, 0.05) is 152 Å². The van der Waals surface area contributed by atoms with Gasteiger partial charge in [0.15, 0.2) is 40.5 Å². The molecule has 0 atom stereocenters. The van der Waals surface area contributed by atoms with Gasteiger partial charge in [-0.1, -0.05) is 175 Å². The van der Waals surface area contributed by atoms with Crippen LogP contribution in [-0.2, 0) is 4.74 Å². The summed E-state index contributed by atoms with van der Waals surface area (Å²) in [6, 6.07) is 83.2. The molecule has 0 bridgehead atoms. The molecule has 2 saturated heterocycles. The highest BCUT2D eigenvalue weighted by molar-refractivity contribution is 7.13. The standard InChI is InChI=1S/C24H24N6.C23H21N5O.C21H13ClN4O.C18H11ClN6.C16H11N5S/c1-29-12-14-30(15-13-29)24-23(25)27-21(17-6-3-2-4-7-17)22(28-24)19-9-10-20-18(16-19)8-5-11-26-20;24-22-23(28-11-13-29-14-12-28)27-21(20(26-22)16-5-2-1-3-6-16)18-8-9-19-17(15-18)7-4-10-25-19;22-15-9-14(8-13-5-3-7-24-19(13)15)20-21(26-18(23)11-25-20)17-10-12-4-1-2-6-16(12)27-17;19-13-7-11(6-12-9-22-25-15(12)13)17-16(10-4-2-1-3-5-10)24-18(21)14(8-20)23-17;17-13-9-20-14(15(21-13)16-19-6-7-22-16)11-3-4-12-10(8-11)2-1-5-18-12/h2-11,16H,12-15H2,1H3,(H2,25,27);1-10,15H,11-14H2,(H2,24,26);1-11H,(H2,23,26);1-7,9H,(H2,21,24)(H,22,25);1-9H,(H2,17,21). The SMILES string of the molecule is CN1CCN(c2nc(-c3ccc4ncccc4c3)c(-c3ccccc3)nc2N)CC1.N#Cc1nc(-c2cc(Cl)c3[nH]ncc3c2)c(-c2ccccc2)nc1N.Nc1cnc(-c2cc(Cl)c3ncccc3c2)c(-c2cc3ccccc3o2)n1.Nc1cnc(-c2ccc3ncccc3c2)c(-c2nccs2)n1.Nc1nc(-c2ccccc2)c(-c2ccc3ncccc3c2)nc1N1CCOCC1. The molecule has 0 radical (unpaired) electrons. The van der Waals surface area contributed by atoms with Crippen LogP contribution >= 0.6 is 34.5 Å². The van der Waals surface area contributed by atoms with Gasteiger partial charge in [-0.3, -0.25) is 30.0 Å². The Morgan fingerprint density at radius 1 is 0.368 bits per heavy atom.